The van der Waals surface area contributed by atoms with Gasteiger partial charge in [-0.3, -0.25) is 9.98 Å². The van der Waals surface area contributed by atoms with Crippen LogP contribution >= 0.6 is 0 Å². The van der Waals surface area contributed by atoms with Gasteiger partial charge in [-0.2, -0.15) is 13.5 Å². The molecule has 0 aliphatic carbocycles. The van der Waals surface area contributed by atoms with Crippen LogP contribution in [-0.4, -0.2) is 33.4 Å². The van der Waals surface area contributed by atoms with Gasteiger partial charge in [0.05, 0.1) is 31.0 Å². The average Bonchev–Trinajstić information content (AvgIpc) is 2.54. The molecule has 2 rings (SSSR count). The Balaban J connectivity index is 2.07. The molecule has 0 aromatic heterocycles. The molecule has 0 saturated heterocycles. The molecule has 0 saturated carbocycles. The SMILES string of the molecule is COc1ccc(/C=N\Nc2ccc(S(=O)(=O)O)cc2)cc1OC. The molecular weight excluding hydrogens is 320 g/mol. The van der Waals surface area contributed by atoms with E-state index in [2.05, 4.69) is 10.5 Å². The van der Waals surface area contributed by atoms with Gasteiger partial charge in [0.25, 0.3) is 10.1 Å². The summed E-state index contributed by atoms with van der Waals surface area (Å²) in [6, 6.07) is 10.9. The lowest BCUT2D eigenvalue weighted by Crippen LogP contribution is -1.98. The summed E-state index contributed by atoms with van der Waals surface area (Å²) in [5.74, 6) is 1.22. The Bertz CT molecular complexity index is 801. The minimum absolute atomic E-state index is 0.174. The van der Waals surface area contributed by atoms with Crippen LogP contribution in [0.3, 0.4) is 0 Å². The van der Waals surface area contributed by atoms with Crippen molar-refractivity contribution in [2.45, 2.75) is 4.90 Å². The van der Waals surface area contributed by atoms with Crippen molar-refractivity contribution in [2.75, 3.05) is 19.6 Å². The summed E-state index contributed by atoms with van der Waals surface area (Å²) in [5.41, 5.74) is 4.13. The summed E-state index contributed by atoms with van der Waals surface area (Å²) < 4.78 is 41.1. The van der Waals surface area contributed by atoms with Crippen LogP contribution in [0.25, 0.3) is 0 Å². The van der Waals surface area contributed by atoms with Crippen LogP contribution in [0.4, 0.5) is 5.69 Å². The predicted octanol–water partition coefficient (Wildman–Crippen LogP) is 2.40. The second-order valence-corrected chi connectivity index (χ2v) is 5.91. The lowest BCUT2D eigenvalue weighted by Gasteiger charge is -2.07. The Labute approximate surface area is 134 Å². The highest BCUT2D eigenvalue weighted by Gasteiger charge is 2.08. The van der Waals surface area contributed by atoms with Gasteiger partial charge in [-0.1, -0.05) is 0 Å². The Hall–Kier alpha value is -2.58. The zero-order valence-electron chi connectivity index (χ0n) is 12.6. The van der Waals surface area contributed by atoms with E-state index in [1.807, 2.05) is 6.07 Å². The highest BCUT2D eigenvalue weighted by Crippen LogP contribution is 2.26. The first-order chi connectivity index (χ1) is 10.9. The van der Waals surface area contributed by atoms with Gasteiger partial charge in [-0.25, -0.2) is 0 Å². The standard InChI is InChI=1S/C15H16N2O5S/c1-21-14-8-3-11(9-15(14)22-2)10-16-17-12-4-6-13(7-5-12)23(18,19)20/h3-10,17H,1-2H3,(H,18,19,20)/b16-10-. The Morgan fingerprint density at radius 1 is 1.04 bits per heavy atom. The van der Waals surface area contributed by atoms with Crippen LogP contribution in [-0.2, 0) is 10.1 Å². The number of nitrogens with one attached hydrogen (secondary N) is 1. The van der Waals surface area contributed by atoms with E-state index in [-0.39, 0.29) is 4.90 Å². The predicted molar refractivity (Wildman–Crippen MR) is 87.0 cm³/mol. The summed E-state index contributed by atoms with van der Waals surface area (Å²) in [7, 11) is -1.08. The van der Waals surface area contributed by atoms with Crippen LogP contribution in [0.15, 0.2) is 52.5 Å². The van der Waals surface area contributed by atoms with Crippen LogP contribution in [0.5, 0.6) is 11.5 Å². The molecule has 23 heavy (non-hydrogen) atoms. The third kappa shape index (κ3) is 4.44. The third-order valence-corrected chi connectivity index (χ3v) is 3.83. The van der Waals surface area contributed by atoms with Gasteiger partial charge in [-0.05, 0) is 48.0 Å². The highest BCUT2D eigenvalue weighted by atomic mass is 32.2. The fourth-order valence-electron chi connectivity index (χ4n) is 1.82. The lowest BCUT2D eigenvalue weighted by molar-refractivity contribution is 0.355. The lowest BCUT2D eigenvalue weighted by atomic mass is 10.2. The molecule has 0 radical (unpaired) electrons. The summed E-state index contributed by atoms with van der Waals surface area (Å²) in [5, 5.41) is 4.05. The van der Waals surface area contributed by atoms with Gasteiger partial charge in [0.2, 0.25) is 0 Å². The van der Waals surface area contributed by atoms with E-state index in [0.29, 0.717) is 17.2 Å². The maximum atomic E-state index is 10.9. The quantitative estimate of drug-likeness (QED) is 0.477. The van der Waals surface area contributed by atoms with E-state index in [0.717, 1.165) is 5.56 Å². The van der Waals surface area contributed by atoms with Crippen molar-refractivity contribution in [3.8, 4) is 11.5 Å². The Morgan fingerprint density at radius 3 is 2.26 bits per heavy atom. The molecule has 0 aliphatic rings. The van der Waals surface area contributed by atoms with Crippen molar-refractivity contribution < 1.29 is 22.4 Å². The van der Waals surface area contributed by atoms with Gasteiger partial charge in [0.1, 0.15) is 0 Å². The molecule has 0 aliphatic heterocycles. The van der Waals surface area contributed by atoms with Gasteiger partial charge in [-0.15, -0.1) is 0 Å². The van der Waals surface area contributed by atoms with E-state index >= 15 is 0 Å². The maximum absolute atomic E-state index is 10.9. The summed E-state index contributed by atoms with van der Waals surface area (Å²) in [4.78, 5) is -0.174. The van der Waals surface area contributed by atoms with Crippen molar-refractivity contribution in [2.24, 2.45) is 5.10 Å². The number of anilines is 1. The van der Waals surface area contributed by atoms with Gasteiger partial charge in [0.15, 0.2) is 11.5 Å². The molecule has 2 aromatic rings. The normalized spacial score (nSPS) is 11.4. The monoisotopic (exact) mass is 336 g/mol. The Kier molecular flexibility index (Phi) is 5.20. The topological polar surface area (TPSA) is 97.2 Å². The molecule has 2 aromatic carbocycles. The van der Waals surface area contributed by atoms with Gasteiger partial charge in [0, 0.05) is 0 Å². The molecular formula is C15H16N2O5S. The van der Waals surface area contributed by atoms with Crippen LogP contribution in [0.1, 0.15) is 5.56 Å². The van der Waals surface area contributed by atoms with Crippen molar-refractivity contribution in [1.82, 2.24) is 0 Å². The molecule has 8 heteroatoms. The first-order valence-corrected chi connectivity index (χ1v) is 7.96. The van der Waals surface area contributed by atoms with E-state index in [9.17, 15) is 8.42 Å². The minimum Gasteiger partial charge on any atom is -0.493 e. The van der Waals surface area contributed by atoms with Gasteiger partial charge >= 0.3 is 0 Å². The van der Waals surface area contributed by atoms with Crippen LogP contribution in [0.2, 0.25) is 0 Å². The number of hydrazone groups is 1. The number of methoxy groups -OCH3 is 2. The van der Waals surface area contributed by atoms with Crippen molar-refractivity contribution >= 4 is 22.0 Å². The van der Waals surface area contributed by atoms with Crippen LogP contribution in [0, 0.1) is 0 Å². The maximum Gasteiger partial charge on any atom is 0.294 e. The number of ether oxygens (including phenoxy) is 2. The number of rotatable bonds is 6. The second kappa shape index (κ2) is 7.12. The molecule has 2 N–H and O–H groups in total. The van der Waals surface area contributed by atoms with Crippen molar-refractivity contribution in [1.29, 1.82) is 0 Å². The highest BCUT2D eigenvalue weighted by molar-refractivity contribution is 7.85. The second-order valence-electron chi connectivity index (χ2n) is 4.48. The molecule has 0 heterocycles. The third-order valence-electron chi connectivity index (χ3n) is 2.97. The van der Waals surface area contributed by atoms with Gasteiger partial charge < -0.3 is 9.47 Å². The summed E-state index contributed by atoms with van der Waals surface area (Å²) in [6.45, 7) is 0. The zero-order valence-corrected chi connectivity index (χ0v) is 13.4. The molecule has 0 fully saturated rings. The smallest absolute Gasteiger partial charge is 0.294 e. The number of benzene rings is 2. The van der Waals surface area contributed by atoms with Crippen LogP contribution < -0.4 is 14.9 Å². The minimum atomic E-state index is -4.19. The average molecular weight is 336 g/mol. The molecule has 0 bridgehead atoms. The van der Waals surface area contributed by atoms with Crippen molar-refractivity contribution in [3.63, 3.8) is 0 Å². The van der Waals surface area contributed by atoms with E-state index in [1.54, 1.807) is 32.6 Å². The summed E-state index contributed by atoms with van der Waals surface area (Å²) in [6.07, 6.45) is 1.58. The molecule has 0 atom stereocenters. The molecule has 7 nitrogen and oxygen atoms in total. The Morgan fingerprint density at radius 2 is 1.70 bits per heavy atom. The largest absolute Gasteiger partial charge is 0.493 e. The molecule has 0 amide bonds. The fourth-order valence-corrected chi connectivity index (χ4v) is 2.30. The number of hydrogen-bond donors (Lipinski definition) is 2. The molecule has 0 unspecified atom stereocenters. The van der Waals surface area contributed by atoms with E-state index < -0.39 is 10.1 Å². The molecule has 0 spiro atoms. The fraction of sp³-hybridized carbons (Fsp3) is 0.133. The first kappa shape index (κ1) is 16.8. The number of hydrogen-bond acceptors (Lipinski definition) is 6. The van der Waals surface area contributed by atoms with E-state index in [4.69, 9.17) is 14.0 Å². The first-order valence-electron chi connectivity index (χ1n) is 6.52. The van der Waals surface area contributed by atoms with Crippen molar-refractivity contribution in [3.05, 3.63) is 48.0 Å². The number of nitrogens with zero attached hydrogens (tertiary/aromatic N) is 1. The zero-order chi connectivity index (χ0) is 16.9. The summed E-state index contributed by atoms with van der Waals surface area (Å²) >= 11 is 0. The molecule has 122 valence electrons. The van der Waals surface area contributed by atoms with E-state index in [1.165, 1.54) is 24.3 Å².